The van der Waals surface area contributed by atoms with Gasteiger partial charge in [0, 0.05) is 0 Å². The summed E-state index contributed by atoms with van der Waals surface area (Å²) in [5.74, 6) is -0.0410. The third-order valence-electron chi connectivity index (χ3n) is 3.07. The van der Waals surface area contributed by atoms with Crippen molar-refractivity contribution in [3.05, 3.63) is 59.7 Å². The number of nitrogens with zero attached hydrogens (tertiary/aromatic N) is 1. The van der Waals surface area contributed by atoms with Crippen LogP contribution in [0.3, 0.4) is 0 Å². The fraction of sp³-hybridized carbons (Fsp3) is 0.188. The summed E-state index contributed by atoms with van der Waals surface area (Å²) in [6.45, 7) is 1.56. The molecule has 0 aliphatic heterocycles. The van der Waals surface area contributed by atoms with Crippen LogP contribution < -0.4 is 0 Å². The Morgan fingerprint density at radius 1 is 1.10 bits per heavy atom. The van der Waals surface area contributed by atoms with Crippen molar-refractivity contribution in [3.8, 4) is 17.2 Å². The van der Waals surface area contributed by atoms with E-state index in [1.807, 2.05) is 30.3 Å². The standard InChI is InChI=1S/C16H15NO3S/c1-2-21(18,19)20-12-13-7-9-14(10-8-13)16-6-4-3-5-15(16)11-17/h3-10H,2,12H2,1H3. The highest BCUT2D eigenvalue weighted by atomic mass is 32.2. The van der Waals surface area contributed by atoms with Crippen LogP contribution in [-0.2, 0) is 20.9 Å². The van der Waals surface area contributed by atoms with E-state index in [0.29, 0.717) is 5.56 Å². The molecule has 0 bridgehead atoms. The van der Waals surface area contributed by atoms with Gasteiger partial charge in [-0.15, -0.1) is 0 Å². The highest BCUT2D eigenvalue weighted by Crippen LogP contribution is 2.23. The number of benzene rings is 2. The molecule has 2 aromatic carbocycles. The van der Waals surface area contributed by atoms with Crippen molar-refractivity contribution in [1.82, 2.24) is 0 Å². The fourth-order valence-corrected chi connectivity index (χ4v) is 2.34. The molecule has 21 heavy (non-hydrogen) atoms. The second-order valence-corrected chi connectivity index (χ2v) is 6.39. The summed E-state index contributed by atoms with van der Waals surface area (Å²) >= 11 is 0. The van der Waals surface area contributed by atoms with Crippen LogP contribution in [0.4, 0.5) is 0 Å². The third kappa shape index (κ3) is 3.91. The van der Waals surface area contributed by atoms with Crippen molar-refractivity contribution < 1.29 is 12.6 Å². The van der Waals surface area contributed by atoms with Gasteiger partial charge in [-0.3, -0.25) is 4.18 Å². The topological polar surface area (TPSA) is 67.2 Å². The molecule has 0 fully saturated rings. The van der Waals surface area contributed by atoms with Gasteiger partial charge in [0.25, 0.3) is 10.1 Å². The molecule has 0 atom stereocenters. The lowest BCUT2D eigenvalue weighted by atomic mass is 9.99. The van der Waals surface area contributed by atoms with E-state index in [1.165, 1.54) is 6.92 Å². The number of hydrogen-bond donors (Lipinski definition) is 0. The molecule has 0 heterocycles. The second kappa shape index (κ2) is 6.53. The summed E-state index contributed by atoms with van der Waals surface area (Å²) in [5.41, 5.74) is 3.14. The van der Waals surface area contributed by atoms with Crippen LogP contribution >= 0.6 is 0 Å². The van der Waals surface area contributed by atoms with Crippen molar-refractivity contribution in [1.29, 1.82) is 5.26 Å². The molecule has 0 radical (unpaired) electrons. The Balaban J connectivity index is 2.18. The minimum Gasteiger partial charge on any atom is -0.265 e. The van der Waals surface area contributed by atoms with Crippen molar-refractivity contribution in [2.24, 2.45) is 0 Å². The zero-order valence-corrected chi connectivity index (χ0v) is 12.4. The zero-order valence-electron chi connectivity index (χ0n) is 11.6. The Bertz CT molecular complexity index is 759. The molecular weight excluding hydrogens is 286 g/mol. The number of nitriles is 1. The molecule has 0 aliphatic carbocycles. The summed E-state index contributed by atoms with van der Waals surface area (Å²) < 4.78 is 27.4. The summed E-state index contributed by atoms with van der Waals surface area (Å²) in [5, 5.41) is 9.10. The molecule has 5 heteroatoms. The minimum atomic E-state index is -3.43. The summed E-state index contributed by atoms with van der Waals surface area (Å²) in [7, 11) is -3.43. The lowest BCUT2D eigenvalue weighted by molar-refractivity contribution is 0.309. The molecule has 0 amide bonds. The molecule has 0 saturated heterocycles. The third-order valence-corrected chi connectivity index (χ3v) is 4.26. The Hall–Kier alpha value is -2.16. The molecule has 4 nitrogen and oxygen atoms in total. The van der Waals surface area contributed by atoms with Gasteiger partial charge in [-0.25, -0.2) is 0 Å². The molecule has 0 saturated carbocycles. The maximum atomic E-state index is 11.3. The Morgan fingerprint density at radius 2 is 1.76 bits per heavy atom. The van der Waals surface area contributed by atoms with Crippen LogP contribution in [0, 0.1) is 11.3 Å². The smallest absolute Gasteiger partial charge is 0.265 e. The van der Waals surface area contributed by atoms with Crippen molar-refractivity contribution in [2.45, 2.75) is 13.5 Å². The van der Waals surface area contributed by atoms with Crippen molar-refractivity contribution in [2.75, 3.05) is 5.75 Å². The molecule has 0 spiro atoms. The highest BCUT2D eigenvalue weighted by molar-refractivity contribution is 7.86. The fourth-order valence-electron chi connectivity index (χ4n) is 1.85. The van der Waals surface area contributed by atoms with E-state index in [9.17, 15) is 8.42 Å². The van der Waals surface area contributed by atoms with E-state index in [-0.39, 0.29) is 12.4 Å². The van der Waals surface area contributed by atoms with Crippen LogP contribution in [0.5, 0.6) is 0 Å². The second-order valence-electron chi connectivity index (χ2n) is 4.46. The Labute approximate surface area is 124 Å². The SMILES string of the molecule is CCS(=O)(=O)OCc1ccc(-c2ccccc2C#N)cc1. The van der Waals surface area contributed by atoms with Crippen LogP contribution in [0.1, 0.15) is 18.1 Å². The number of hydrogen-bond acceptors (Lipinski definition) is 4. The van der Waals surface area contributed by atoms with Gasteiger partial charge in [0.15, 0.2) is 0 Å². The predicted octanol–water partition coefficient (Wildman–Crippen LogP) is 3.09. The maximum absolute atomic E-state index is 11.3. The van der Waals surface area contributed by atoms with Crippen LogP contribution in [0.25, 0.3) is 11.1 Å². The van der Waals surface area contributed by atoms with Gasteiger partial charge >= 0.3 is 0 Å². The zero-order chi connectivity index (χ0) is 15.3. The highest BCUT2D eigenvalue weighted by Gasteiger charge is 2.08. The van der Waals surface area contributed by atoms with Crippen LogP contribution in [0.15, 0.2) is 48.5 Å². The Kier molecular flexibility index (Phi) is 4.73. The molecule has 0 aliphatic rings. The van der Waals surface area contributed by atoms with E-state index in [2.05, 4.69) is 6.07 Å². The predicted molar refractivity (Wildman–Crippen MR) is 80.8 cm³/mol. The van der Waals surface area contributed by atoms with Crippen molar-refractivity contribution in [3.63, 3.8) is 0 Å². The molecule has 2 aromatic rings. The van der Waals surface area contributed by atoms with E-state index in [0.717, 1.165) is 16.7 Å². The maximum Gasteiger partial charge on any atom is 0.267 e. The van der Waals surface area contributed by atoms with Gasteiger partial charge in [0.1, 0.15) is 0 Å². The molecule has 2 rings (SSSR count). The monoisotopic (exact) mass is 301 g/mol. The van der Waals surface area contributed by atoms with Gasteiger partial charge in [0.05, 0.1) is 24.0 Å². The molecule has 0 N–H and O–H groups in total. The molecule has 0 unspecified atom stereocenters. The lowest BCUT2D eigenvalue weighted by Crippen LogP contribution is -2.07. The minimum absolute atomic E-state index is 0.0242. The Morgan fingerprint density at radius 3 is 2.38 bits per heavy atom. The van der Waals surface area contributed by atoms with E-state index < -0.39 is 10.1 Å². The first-order valence-corrected chi connectivity index (χ1v) is 8.09. The lowest BCUT2D eigenvalue weighted by Gasteiger charge is -2.06. The molecule has 108 valence electrons. The normalized spacial score (nSPS) is 11.0. The summed E-state index contributed by atoms with van der Waals surface area (Å²) in [6.07, 6.45) is 0. The van der Waals surface area contributed by atoms with Gasteiger partial charge in [-0.2, -0.15) is 13.7 Å². The average molecular weight is 301 g/mol. The van der Waals surface area contributed by atoms with E-state index in [4.69, 9.17) is 9.44 Å². The summed E-state index contributed by atoms with van der Waals surface area (Å²) in [4.78, 5) is 0. The average Bonchev–Trinajstić information content (AvgIpc) is 2.53. The van der Waals surface area contributed by atoms with Gasteiger partial charge in [0.2, 0.25) is 0 Å². The number of rotatable bonds is 5. The van der Waals surface area contributed by atoms with Gasteiger partial charge in [-0.05, 0) is 29.7 Å². The van der Waals surface area contributed by atoms with E-state index in [1.54, 1.807) is 18.2 Å². The van der Waals surface area contributed by atoms with Crippen LogP contribution in [0.2, 0.25) is 0 Å². The first-order valence-electron chi connectivity index (χ1n) is 6.51. The molecule has 0 aromatic heterocycles. The molecular formula is C16H15NO3S. The van der Waals surface area contributed by atoms with Crippen LogP contribution in [-0.4, -0.2) is 14.2 Å². The van der Waals surface area contributed by atoms with Crippen molar-refractivity contribution >= 4 is 10.1 Å². The first kappa shape index (κ1) is 15.2. The van der Waals surface area contributed by atoms with Gasteiger partial charge in [-0.1, -0.05) is 42.5 Å². The quantitative estimate of drug-likeness (QED) is 0.796. The van der Waals surface area contributed by atoms with E-state index >= 15 is 0 Å². The largest absolute Gasteiger partial charge is 0.267 e. The summed E-state index contributed by atoms with van der Waals surface area (Å²) in [6, 6.07) is 16.8. The van der Waals surface area contributed by atoms with Gasteiger partial charge < -0.3 is 0 Å². The first-order chi connectivity index (χ1) is 10.1.